The third kappa shape index (κ3) is 3.44. The number of likely N-dealkylation sites (N-methyl/N-ethyl adjacent to an activating group) is 1. The van der Waals surface area contributed by atoms with Crippen molar-refractivity contribution in [1.82, 2.24) is 24.8 Å². The molecule has 1 fully saturated rings. The van der Waals surface area contributed by atoms with Crippen molar-refractivity contribution >= 4 is 17.0 Å². The van der Waals surface area contributed by atoms with Crippen LogP contribution in [0.1, 0.15) is 0 Å². The van der Waals surface area contributed by atoms with Gasteiger partial charge in [0.05, 0.1) is 12.9 Å². The van der Waals surface area contributed by atoms with Crippen LogP contribution in [0.4, 0.5) is 5.82 Å². The molecule has 1 saturated heterocycles. The van der Waals surface area contributed by atoms with Crippen molar-refractivity contribution in [2.24, 2.45) is 11.8 Å². The minimum Gasteiger partial charge on any atom is -0.396 e. The largest absolute Gasteiger partial charge is 0.396 e. The second-order valence-corrected chi connectivity index (χ2v) is 6.16. The zero-order valence-corrected chi connectivity index (χ0v) is 13.6. The van der Waals surface area contributed by atoms with Crippen LogP contribution in [-0.4, -0.2) is 83.5 Å². The van der Waals surface area contributed by atoms with Crippen molar-refractivity contribution in [3.63, 3.8) is 0 Å². The fourth-order valence-electron chi connectivity index (χ4n) is 3.26. The molecule has 3 heterocycles. The summed E-state index contributed by atoms with van der Waals surface area (Å²) in [4.78, 5) is 20.4. The first-order valence-electron chi connectivity index (χ1n) is 7.90. The zero-order valence-electron chi connectivity index (χ0n) is 13.6. The van der Waals surface area contributed by atoms with Gasteiger partial charge in [-0.1, -0.05) is 0 Å². The molecule has 1 aliphatic heterocycles. The lowest BCUT2D eigenvalue weighted by Crippen LogP contribution is -2.33. The molecule has 0 spiro atoms. The summed E-state index contributed by atoms with van der Waals surface area (Å²) in [6.07, 6.45) is 3.18. The van der Waals surface area contributed by atoms with Crippen LogP contribution in [0.5, 0.6) is 0 Å². The molecule has 8 heteroatoms. The van der Waals surface area contributed by atoms with Crippen molar-refractivity contribution in [3.8, 4) is 0 Å². The first-order chi connectivity index (χ1) is 11.2. The summed E-state index contributed by atoms with van der Waals surface area (Å²) in [7, 11) is 3.81. The number of nitrogens with one attached hydrogen (secondary N) is 1. The van der Waals surface area contributed by atoms with Gasteiger partial charge in [-0.3, -0.25) is 0 Å². The number of aliphatic hydroxyl groups excluding tert-OH is 1. The number of anilines is 1. The predicted molar refractivity (Wildman–Crippen MR) is 87.3 cm³/mol. The Bertz CT molecular complexity index is 633. The Hall–Kier alpha value is -1.77. The lowest BCUT2D eigenvalue weighted by Gasteiger charge is -2.23. The molecule has 2 N–H and O–H groups in total. The maximum atomic E-state index is 9.74. The minimum atomic E-state index is 0.191. The lowest BCUT2D eigenvalue weighted by atomic mass is 9.96. The van der Waals surface area contributed by atoms with Gasteiger partial charge in [-0.15, -0.1) is 0 Å². The van der Waals surface area contributed by atoms with Gasteiger partial charge in [0.2, 0.25) is 0 Å². The van der Waals surface area contributed by atoms with Gasteiger partial charge >= 0.3 is 0 Å². The summed E-state index contributed by atoms with van der Waals surface area (Å²) in [6.45, 7) is 4.40. The summed E-state index contributed by atoms with van der Waals surface area (Å²) in [5, 5.41) is 9.74. The lowest BCUT2D eigenvalue weighted by molar-refractivity contribution is 0.136. The highest BCUT2D eigenvalue weighted by Gasteiger charge is 2.34. The molecule has 0 aromatic carbocycles. The van der Waals surface area contributed by atoms with Crippen LogP contribution >= 0.6 is 0 Å². The molecule has 3 rings (SSSR count). The fraction of sp³-hybridized carbons (Fsp3) is 0.667. The molecule has 1 aliphatic rings. The van der Waals surface area contributed by atoms with Crippen LogP contribution < -0.4 is 4.90 Å². The number of hydrogen-bond acceptors (Lipinski definition) is 7. The van der Waals surface area contributed by atoms with E-state index in [2.05, 4.69) is 36.8 Å². The zero-order chi connectivity index (χ0) is 16.2. The predicted octanol–water partition coefficient (Wildman–Crippen LogP) is -0.0242. The molecule has 8 nitrogen and oxygen atoms in total. The van der Waals surface area contributed by atoms with Gasteiger partial charge in [-0.25, -0.2) is 15.0 Å². The number of ether oxygens (including phenoxy) is 1. The molecular formula is C15H24N6O2. The van der Waals surface area contributed by atoms with Crippen LogP contribution in [-0.2, 0) is 4.74 Å². The molecule has 0 saturated carbocycles. The Morgan fingerprint density at radius 2 is 2.17 bits per heavy atom. The highest BCUT2D eigenvalue weighted by molar-refractivity contribution is 5.82. The van der Waals surface area contributed by atoms with E-state index in [0.29, 0.717) is 11.6 Å². The van der Waals surface area contributed by atoms with Gasteiger partial charge in [0.25, 0.3) is 0 Å². The molecule has 2 aromatic heterocycles. The number of hydrogen-bond donors (Lipinski definition) is 2. The highest BCUT2D eigenvalue weighted by atomic mass is 16.5. The molecular weight excluding hydrogens is 296 g/mol. The Balaban J connectivity index is 1.72. The average Bonchev–Trinajstić information content (AvgIpc) is 3.18. The number of methoxy groups -OCH3 is 1. The van der Waals surface area contributed by atoms with Gasteiger partial charge in [0, 0.05) is 45.8 Å². The monoisotopic (exact) mass is 320 g/mol. The van der Waals surface area contributed by atoms with Crippen LogP contribution in [0.25, 0.3) is 11.2 Å². The third-order valence-corrected chi connectivity index (χ3v) is 4.54. The molecule has 0 aliphatic carbocycles. The normalized spacial score (nSPS) is 21.7. The quantitative estimate of drug-likeness (QED) is 0.740. The Kier molecular flexibility index (Phi) is 5.04. The molecule has 0 unspecified atom stereocenters. The molecule has 2 aromatic rings. The summed E-state index contributed by atoms with van der Waals surface area (Å²) < 4.78 is 5.13. The average molecular weight is 320 g/mol. The van der Waals surface area contributed by atoms with Crippen LogP contribution in [0.3, 0.4) is 0 Å². The van der Waals surface area contributed by atoms with E-state index >= 15 is 0 Å². The topological polar surface area (TPSA) is 90.4 Å². The number of aromatic amines is 1. The minimum absolute atomic E-state index is 0.191. The van der Waals surface area contributed by atoms with Gasteiger partial charge in [0.1, 0.15) is 11.8 Å². The molecule has 0 amide bonds. The number of rotatable bonds is 7. The summed E-state index contributed by atoms with van der Waals surface area (Å²) >= 11 is 0. The third-order valence-electron chi connectivity index (χ3n) is 4.54. The van der Waals surface area contributed by atoms with E-state index in [1.807, 2.05) is 0 Å². The standard InChI is InChI=1S/C15H24N6O2/c1-20(3-4-23-2)5-11-6-21(7-12(11)8-22)15-13-14(17-9-16-13)18-10-19-15/h9-12,22H,3-8H2,1-2H3,(H,16,17,18,19)/t11-,12-/m1/s1. The SMILES string of the molecule is COCCN(C)C[C@@H]1CN(c2ncnc3nc[nH]c23)C[C@@H]1CO. The van der Waals surface area contributed by atoms with E-state index in [0.717, 1.165) is 44.1 Å². The van der Waals surface area contributed by atoms with E-state index < -0.39 is 0 Å². The van der Waals surface area contributed by atoms with E-state index in [1.165, 1.54) is 0 Å². The van der Waals surface area contributed by atoms with Gasteiger partial charge in [-0.05, 0) is 13.0 Å². The maximum absolute atomic E-state index is 9.74. The van der Waals surface area contributed by atoms with Crippen molar-refractivity contribution in [2.75, 3.05) is 58.5 Å². The van der Waals surface area contributed by atoms with Gasteiger partial charge in [-0.2, -0.15) is 0 Å². The smallest absolute Gasteiger partial charge is 0.182 e. The van der Waals surface area contributed by atoms with Crippen molar-refractivity contribution in [3.05, 3.63) is 12.7 Å². The highest BCUT2D eigenvalue weighted by Crippen LogP contribution is 2.30. The molecule has 126 valence electrons. The van der Waals surface area contributed by atoms with Gasteiger partial charge in [0.15, 0.2) is 11.5 Å². The fourth-order valence-corrected chi connectivity index (χ4v) is 3.26. The number of aromatic nitrogens is 4. The number of H-pyrrole nitrogens is 1. The van der Waals surface area contributed by atoms with Crippen molar-refractivity contribution in [2.45, 2.75) is 0 Å². The summed E-state index contributed by atoms with van der Waals surface area (Å²) in [6, 6.07) is 0. The Morgan fingerprint density at radius 3 is 2.96 bits per heavy atom. The first kappa shape index (κ1) is 16.1. The molecule has 23 heavy (non-hydrogen) atoms. The molecule has 0 bridgehead atoms. The molecule has 0 radical (unpaired) electrons. The second kappa shape index (κ2) is 7.20. The van der Waals surface area contributed by atoms with Crippen molar-refractivity contribution in [1.29, 1.82) is 0 Å². The summed E-state index contributed by atoms with van der Waals surface area (Å²) in [5.41, 5.74) is 1.54. The van der Waals surface area contributed by atoms with Gasteiger partial charge < -0.3 is 24.6 Å². The van der Waals surface area contributed by atoms with Crippen LogP contribution in [0.15, 0.2) is 12.7 Å². The van der Waals surface area contributed by atoms with Crippen molar-refractivity contribution < 1.29 is 9.84 Å². The van der Waals surface area contributed by atoms with E-state index in [9.17, 15) is 5.11 Å². The number of fused-ring (bicyclic) bond motifs is 1. The Morgan fingerprint density at radius 1 is 1.35 bits per heavy atom. The number of imidazole rings is 1. The van der Waals surface area contributed by atoms with E-state index in [1.54, 1.807) is 19.8 Å². The Labute approximate surface area is 135 Å². The summed E-state index contributed by atoms with van der Waals surface area (Å²) in [5.74, 6) is 1.51. The van der Waals surface area contributed by atoms with Crippen LogP contribution in [0, 0.1) is 11.8 Å². The van der Waals surface area contributed by atoms with E-state index in [-0.39, 0.29) is 12.5 Å². The van der Waals surface area contributed by atoms with Crippen LogP contribution in [0.2, 0.25) is 0 Å². The van der Waals surface area contributed by atoms with E-state index in [4.69, 9.17) is 4.74 Å². The second-order valence-electron chi connectivity index (χ2n) is 6.16. The number of aliphatic hydroxyl groups is 1. The number of nitrogens with zero attached hydrogens (tertiary/aromatic N) is 5. The maximum Gasteiger partial charge on any atom is 0.182 e. The first-order valence-corrected chi connectivity index (χ1v) is 7.90. The molecule has 2 atom stereocenters.